The van der Waals surface area contributed by atoms with Crippen LogP contribution in [0.15, 0.2) is 4.99 Å². The minimum Gasteiger partial charge on any atom is -0.370 e. The zero-order chi connectivity index (χ0) is 24.4. The predicted octanol–water partition coefficient (Wildman–Crippen LogP) is -4.58. The Labute approximate surface area is 195 Å². The summed E-state index contributed by atoms with van der Waals surface area (Å²) in [6.45, 7) is 0.999. The van der Waals surface area contributed by atoms with E-state index in [2.05, 4.69) is 20.9 Å². The first-order valence-corrected chi connectivity index (χ1v) is 11.4. The van der Waals surface area contributed by atoms with E-state index in [0.29, 0.717) is 13.1 Å². The summed E-state index contributed by atoms with van der Waals surface area (Å²) in [6.07, 6.45) is 2.83. The zero-order valence-corrected chi connectivity index (χ0v) is 18.9. The fourth-order valence-corrected chi connectivity index (χ4v) is 5.69. The van der Waals surface area contributed by atoms with Gasteiger partial charge in [-0.05, 0) is 19.3 Å². The third kappa shape index (κ3) is 3.06. The molecule has 9 N–H and O–H groups in total. The number of nitrogens with zero attached hydrogens (tertiary/aromatic N) is 5. The third-order valence-electron chi connectivity index (χ3n) is 7.42. The number of carbonyl (C=O) groups is 3. The molecular weight excluding hydrogens is 448 g/mol. The topological polar surface area (TPSA) is 205 Å². The van der Waals surface area contributed by atoms with Crippen LogP contribution in [-0.2, 0) is 4.79 Å². The number of imide groups is 1. The van der Waals surface area contributed by atoms with Crippen LogP contribution in [0.25, 0.3) is 0 Å². The molecule has 4 atom stereocenters. The van der Waals surface area contributed by atoms with Crippen molar-refractivity contribution in [2.24, 2.45) is 16.5 Å². The number of likely N-dealkylation sites (tertiary alicyclic amines) is 1. The molecule has 0 saturated carbocycles. The van der Waals surface area contributed by atoms with Crippen molar-refractivity contribution in [2.75, 3.05) is 39.8 Å². The number of nitrogens with one attached hydrogen (secondary N) is 3. The van der Waals surface area contributed by atoms with E-state index >= 15 is 0 Å². The average Bonchev–Trinajstić information content (AvgIpc) is 3.35. The minimum atomic E-state index is -2.55. The predicted molar refractivity (Wildman–Crippen MR) is 117 cm³/mol. The van der Waals surface area contributed by atoms with Gasteiger partial charge in [-0.15, -0.1) is 0 Å². The van der Waals surface area contributed by atoms with Gasteiger partial charge in [0.1, 0.15) is 24.7 Å². The average molecular weight is 480 g/mol. The second kappa shape index (κ2) is 7.59. The lowest BCUT2D eigenvalue weighted by Gasteiger charge is -2.44. The molecule has 186 valence electrons. The molecule has 0 aliphatic carbocycles. The SMILES string of the molecule is CN1CC(=O)N(C[C@@H]2NC(N)=[N+]3CC(NC(=O)N4CCCCC4)C(O)(O)[C@@]34NC(N)=N[C@@H]24)C1=O. The molecular formula is C19H31N10O5+. The second-order valence-electron chi connectivity index (χ2n) is 9.52. The number of carbonyl (C=O) groups excluding carboxylic acids is 3. The zero-order valence-electron chi connectivity index (χ0n) is 18.9. The Kier molecular flexibility index (Phi) is 5.02. The monoisotopic (exact) mass is 479 g/mol. The highest BCUT2D eigenvalue weighted by atomic mass is 16.5. The van der Waals surface area contributed by atoms with Crippen LogP contribution in [0, 0.1) is 0 Å². The molecule has 3 saturated heterocycles. The molecule has 0 aromatic rings. The molecule has 5 rings (SSSR count). The summed E-state index contributed by atoms with van der Waals surface area (Å²) >= 11 is 0. The van der Waals surface area contributed by atoms with E-state index in [1.807, 2.05) is 0 Å². The van der Waals surface area contributed by atoms with Crippen molar-refractivity contribution in [3.8, 4) is 0 Å². The number of likely N-dealkylation sites (N-methyl/N-ethyl adjacent to an activating group) is 1. The number of hydrogen-bond acceptors (Lipinski definition) is 10. The smallest absolute Gasteiger partial charge is 0.346 e. The Hall–Kier alpha value is -3.33. The van der Waals surface area contributed by atoms with Gasteiger partial charge in [0.25, 0.3) is 0 Å². The van der Waals surface area contributed by atoms with E-state index in [1.54, 1.807) is 4.90 Å². The summed E-state index contributed by atoms with van der Waals surface area (Å²) < 4.78 is 1.48. The summed E-state index contributed by atoms with van der Waals surface area (Å²) in [7, 11) is 1.52. The molecule has 34 heavy (non-hydrogen) atoms. The summed E-state index contributed by atoms with van der Waals surface area (Å²) in [5.74, 6) is -2.91. The Morgan fingerprint density at radius 2 is 1.97 bits per heavy atom. The summed E-state index contributed by atoms with van der Waals surface area (Å²) in [5, 5.41) is 31.6. The van der Waals surface area contributed by atoms with Gasteiger partial charge >= 0.3 is 18.0 Å². The highest BCUT2D eigenvalue weighted by Gasteiger charge is 2.75. The first-order valence-electron chi connectivity index (χ1n) is 11.4. The van der Waals surface area contributed by atoms with E-state index in [9.17, 15) is 24.6 Å². The molecule has 5 aliphatic heterocycles. The number of hydrogen-bond donors (Lipinski definition) is 7. The van der Waals surface area contributed by atoms with Gasteiger partial charge in [0.15, 0.2) is 5.96 Å². The van der Waals surface area contributed by atoms with Gasteiger partial charge in [-0.3, -0.25) is 20.7 Å². The van der Waals surface area contributed by atoms with Crippen LogP contribution in [0.1, 0.15) is 19.3 Å². The molecule has 1 unspecified atom stereocenters. The lowest BCUT2D eigenvalue weighted by atomic mass is 9.85. The molecule has 0 radical (unpaired) electrons. The first kappa shape index (κ1) is 22.5. The molecule has 1 spiro atoms. The first-order chi connectivity index (χ1) is 16.1. The Morgan fingerprint density at radius 1 is 1.26 bits per heavy atom. The van der Waals surface area contributed by atoms with Crippen molar-refractivity contribution in [3.63, 3.8) is 0 Å². The number of rotatable bonds is 3. The number of piperidine rings is 1. The number of nitrogens with two attached hydrogens (primary N) is 2. The summed E-state index contributed by atoms with van der Waals surface area (Å²) in [5.41, 5.74) is 10.6. The van der Waals surface area contributed by atoms with Gasteiger partial charge in [0.2, 0.25) is 17.4 Å². The van der Waals surface area contributed by atoms with Crippen molar-refractivity contribution < 1.29 is 29.2 Å². The Morgan fingerprint density at radius 3 is 2.62 bits per heavy atom. The van der Waals surface area contributed by atoms with Crippen molar-refractivity contribution >= 4 is 29.9 Å². The lowest BCUT2D eigenvalue weighted by molar-refractivity contribution is -0.623. The maximum absolute atomic E-state index is 12.8. The maximum Gasteiger partial charge on any atom is 0.346 e. The van der Waals surface area contributed by atoms with E-state index in [0.717, 1.165) is 24.2 Å². The van der Waals surface area contributed by atoms with E-state index < -0.39 is 41.6 Å². The molecule has 5 heterocycles. The van der Waals surface area contributed by atoms with Crippen LogP contribution >= 0.6 is 0 Å². The summed E-state index contributed by atoms with van der Waals surface area (Å²) in [4.78, 5) is 46.0. The van der Waals surface area contributed by atoms with Crippen LogP contribution in [0.2, 0.25) is 0 Å². The maximum atomic E-state index is 12.8. The number of aliphatic imine (C=N–C) groups is 1. The molecule has 5 amide bonds. The molecule has 15 heteroatoms. The quantitative estimate of drug-likeness (QED) is 0.118. The van der Waals surface area contributed by atoms with E-state index in [-0.39, 0.29) is 37.5 Å². The number of aliphatic hydroxyl groups is 2. The van der Waals surface area contributed by atoms with Gasteiger partial charge in [-0.25, -0.2) is 19.2 Å². The van der Waals surface area contributed by atoms with Crippen LogP contribution in [0.5, 0.6) is 0 Å². The van der Waals surface area contributed by atoms with Crippen molar-refractivity contribution in [1.29, 1.82) is 0 Å². The normalized spacial score (nSPS) is 34.5. The van der Waals surface area contributed by atoms with Gasteiger partial charge in [0.05, 0.1) is 13.1 Å². The van der Waals surface area contributed by atoms with Gasteiger partial charge < -0.3 is 36.4 Å². The number of guanidine groups is 2. The van der Waals surface area contributed by atoms with Crippen LogP contribution < -0.4 is 27.4 Å². The van der Waals surface area contributed by atoms with Gasteiger partial charge in [0, 0.05) is 20.1 Å². The van der Waals surface area contributed by atoms with Crippen LogP contribution in [0.4, 0.5) is 9.59 Å². The van der Waals surface area contributed by atoms with Crippen LogP contribution in [-0.4, -0.2) is 129 Å². The second-order valence-corrected chi connectivity index (χ2v) is 9.52. The third-order valence-corrected chi connectivity index (χ3v) is 7.42. The minimum absolute atomic E-state index is 0.0330. The molecule has 0 aromatic carbocycles. The van der Waals surface area contributed by atoms with Crippen LogP contribution in [0.3, 0.4) is 0 Å². The highest BCUT2D eigenvalue weighted by Crippen LogP contribution is 2.41. The highest BCUT2D eigenvalue weighted by molar-refractivity contribution is 6.02. The molecule has 5 aliphatic rings. The Bertz CT molecular complexity index is 992. The van der Waals surface area contributed by atoms with Crippen molar-refractivity contribution in [1.82, 2.24) is 30.7 Å². The lowest BCUT2D eigenvalue weighted by Crippen LogP contribution is -2.79. The fourth-order valence-electron chi connectivity index (χ4n) is 5.69. The molecule has 0 aromatic heterocycles. The standard InChI is InChI=1S/C19H30N10O5/c1-26-9-12(30)28(17(26)32)7-10-13-18(25-14(20)24-13)19(33,34)11(8-29(18)15(21)22-10)23-16(31)27-5-3-2-4-6-27/h10-11,13,33-34H,2-9H2,1H3,(H6,20,21,22,23,24,25,31)/p+1/t10-,11?,13-,18-/m0/s1. The van der Waals surface area contributed by atoms with Gasteiger partial charge in [-0.1, -0.05) is 0 Å². The number of urea groups is 2. The molecule has 3 fully saturated rings. The number of amides is 5. The molecule has 0 bridgehead atoms. The van der Waals surface area contributed by atoms with Crippen molar-refractivity contribution in [2.45, 2.75) is 48.8 Å². The van der Waals surface area contributed by atoms with E-state index in [1.165, 1.54) is 16.5 Å². The van der Waals surface area contributed by atoms with Gasteiger partial charge in [-0.2, -0.15) is 0 Å². The van der Waals surface area contributed by atoms with Crippen molar-refractivity contribution in [3.05, 3.63) is 0 Å². The summed E-state index contributed by atoms with van der Waals surface area (Å²) in [6, 6.07) is -3.70. The Balaban J connectivity index is 1.44. The van der Waals surface area contributed by atoms with E-state index in [4.69, 9.17) is 11.5 Å². The molecule has 15 nitrogen and oxygen atoms in total. The largest absolute Gasteiger partial charge is 0.370 e. The fraction of sp³-hybridized carbons (Fsp3) is 0.737.